The molecule has 1 aliphatic rings. The molecule has 1 saturated heterocycles. The lowest BCUT2D eigenvalue weighted by molar-refractivity contribution is -0.128. The second-order valence-electron chi connectivity index (χ2n) is 6.19. The SMILES string of the molecule is CNC(=O)C1(c2ccccc2)CCN(C(=O)c2ccccc2)CC1. The Morgan fingerprint density at radius 1 is 0.917 bits per heavy atom. The third kappa shape index (κ3) is 2.92. The van der Waals surface area contributed by atoms with Crippen LogP contribution in [0, 0.1) is 0 Å². The summed E-state index contributed by atoms with van der Waals surface area (Å²) < 4.78 is 0. The molecule has 0 spiro atoms. The first kappa shape index (κ1) is 16.2. The van der Waals surface area contributed by atoms with Crippen LogP contribution in [0.25, 0.3) is 0 Å². The van der Waals surface area contributed by atoms with Crippen LogP contribution in [-0.2, 0) is 10.2 Å². The fourth-order valence-corrected chi connectivity index (χ4v) is 3.50. The van der Waals surface area contributed by atoms with Gasteiger partial charge in [0.1, 0.15) is 0 Å². The van der Waals surface area contributed by atoms with Gasteiger partial charge in [-0.3, -0.25) is 9.59 Å². The number of nitrogens with one attached hydrogen (secondary N) is 1. The number of amides is 2. The first-order valence-corrected chi connectivity index (χ1v) is 8.29. The highest BCUT2D eigenvalue weighted by Crippen LogP contribution is 2.36. The monoisotopic (exact) mass is 322 g/mol. The van der Waals surface area contributed by atoms with Gasteiger partial charge in [0.15, 0.2) is 0 Å². The molecule has 2 aromatic rings. The summed E-state index contributed by atoms with van der Waals surface area (Å²) in [5.41, 5.74) is 1.17. The Morgan fingerprint density at radius 3 is 2.00 bits per heavy atom. The van der Waals surface area contributed by atoms with E-state index >= 15 is 0 Å². The van der Waals surface area contributed by atoms with E-state index in [4.69, 9.17) is 0 Å². The van der Waals surface area contributed by atoms with Gasteiger partial charge < -0.3 is 10.2 Å². The van der Waals surface area contributed by atoms with Crippen LogP contribution in [0.2, 0.25) is 0 Å². The summed E-state index contributed by atoms with van der Waals surface area (Å²) in [6.45, 7) is 1.16. The van der Waals surface area contributed by atoms with Gasteiger partial charge in [-0.25, -0.2) is 0 Å². The van der Waals surface area contributed by atoms with Crippen molar-refractivity contribution >= 4 is 11.8 Å². The molecule has 0 saturated carbocycles. The van der Waals surface area contributed by atoms with Crippen molar-refractivity contribution in [1.82, 2.24) is 10.2 Å². The molecule has 0 atom stereocenters. The predicted octanol–water partition coefficient (Wildman–Crippen LogP) is 2.61. The summed E-state index contributed by atoms with van der Waals surface area (Å²) >= 11 is 0. The second kappa shape index (κ2) is 6.87. The third-order valence-corrected chi connectivity index (χ3v) is 4.91. The topological polar surface area (TPSA) is 49.4 Å². The van der Waals surface area contributed by atoms with Crippen molar-refractivity contribution in [2.45, 2.75) is 18.3 Å². The maximum absolute atomic E-state index is 12.6. The average molecular weight is 322 g/mol. The molecule has 124 valence electrons. The molecule has 0 aromatic heterocycles. The van der Waals surface area contributed by atoms with E-state index in [1.54, 1.807) is 7.05 Å². The van der Waals surface area contributed by atoms with Crippen molar-refractivity contribution < 1.29 is 9.59 Å². The number of hydrogen-bond acceptors (Lipinski definition) is 2. The molecule has 0 bridgehead atoms. The Bertz CT molecular complexity index is 705. The van der Waals surface area contributed by atoms with Gasteiger partial charge in [-0.1, -0.05) is 48.5 Å². The fraction of sp³-hybridized carbons (Fsp3) is 0.300. The standard InChI is InChI=1S/C20H22N2O2/c1-21-19(24)20(17-10-6-3-7-11-17)12-14-22(15-13-20)18(23)16-8-4-2-5-9-16/h2-11H,12-15H2,1H3,(H,21,24). The number of hydrogen-bond donors (Lipinski definition) is 1. The van der Waals surface area contributed by atoms with Crippen molar-refractivity contribution in [2.24, 2.45) is 0 Å². The first-order chi connectivity index (χ1) is 11.7. The normalized spacial score (nSPS) is 16.5. The molecule has 0 aliphatic carbocycles. The largest absolute Gasteiger partial charge is 0.358 e. The van der Waals surface area contributed by atoms with Crippen LogP contribution in [0.5, 0.6) is 0 Å². The lowest BCUT2D eigenvalue weighted by Gasteiger charge is -2.40. The zero-order chi connectivity index (χ0) is 17.0. The Labute approximate surface area is 142 Å². The lowest BCUT2D eigenvalue weighted by Crippen LogP contribution is -2.52. The highest BCUT2D eigenvalue weighted by atomic mass is 16.2. The summed E-state index contributed by atoms with van der Waals surface area (Å²) in [5, 5.41) is 2.81. The molecule has 1 fully saturated rings. The van der Waals surface area contributed by atoms with Gasteiger partial charge in [-0.2, -0.15) is 0 Å². The molecule has 24 heavy (non-hydrogen) atoms. The summed E-state index contributed by atoms with van der Waals surface area (Å²) in [4.78, 5) is 27.1. The minimum Gasteiger partial charge on any atom is -0.358 e. The van der Waals surface area contributed by atoms with Gasteiger partial charge in [-0.05, 0) is 30.5 Å². The van der Waals surface area contributed by atoms with Crippen LogP contribution in [-0.4, -0.2) is 36.9 Å². The Hall–Kier alpha value is -2.62. The second-order valence-corrected chi connectivity index (χ2v) is 6.19. The molecule has 1 heterocycles. The number of carbonyl (C=O) groups is 2. The smallest absolute Gasteiger partial charge is 0.253 e. The van der Waals surface area contributed by atoms with Gasteiger partial charge in [-0.15, -0.1) is 0 Å². The molecule has 0 radical (unpaired) electrons. The number of piperidine rings is 1. The molecule has 4 nitrogen and oxygen atoms in total. The van der Waals surface area contributed by atoms with E-state index in [9.17, 15) is 9.59 Å². The molecule has 0 unspecified atom stereocenters. The third-order valence-electron chi connectivity index (χ3n) is 4.91. The van der Waals surface area contributed by atoms with Crippen LogP contribution in [0.4, 0.5) is 0 Å². The molecule has 3 rings (SSSR count). The quantitative estimate of drug-likeness (QED) is 0.944. The van der Waals surface area contributed by atoms with Crippen LogP contribution >= 0.6 is 0 Å². The summed E-state index contributed by atoms with van der Waals surface area (Å²) in [7, 11) is 1.68. The maximum atomic E-state index is 12.6. The van der Waals surface area contributed by atoms with Crippen LogP contribution < -0.4 is 5.32 Å². The van der Waals surface area contributed by atoms with Crippen molar-refractivity contribution in [3.8, 4) is 0 Å². The Morgan fingerprint density at radius 2 is 1.46 bits per heavy atom. The van der Waals surface area contributed by atoms with Gasteiger partial charge in [0.2, 0.25) is 5.91 Å². The molecule has 2 aromatic carbocycles. The van der Waals surface area contributed by atoms with E-state index in [2.05, 4.69) is 5.32 Å². The number of nitrogens with zero attached hydrogens (tertiary/aromatic N) is 1. The van der Waals surface area contributed by atoms with Crippen molar-refractivity contribution in [2.75, 3.05) is 20.1 Å². The molecular formula is C20H22N2O2. The van der Waals surface area contributed by atoms with Crippen LogP contribution in [0.1, 0.15) is 28.8 Å². The maximum Gasteiger partial charge on any atom is 0.253 e. The highest BCUT2D eigenvalue weighted by molar-refractivity contribution is 5.95. The first-order valence-electron chi connectivity index (χ1n) is 8.29. The van der Waals surface area contributed by atoms with E-state index in [0.717, 1.165) is 5.56 Å². The molecular weight excluding hydrogens is 300 g/mol. The number of carbonyl (C=O) groups excluding carboxylic acids is 2. The summed E-state index contributed by atoms with van der Waals surface area (Å²) in [6, 6.07) is 19.2. The van der Waals surface area contributed by atoms with Gasteiger partial charge in [0.05, 0.1) is 5.41 Å². The number of likely N-dealkylation sites (tertiary alicyclic amines) is 1. The van der Waals surface area contributed by atoms with Gasteiger partial charge in [0, 0.05) is 25.7 Å². The van der Waals surface area contributed by atoms with Crippen LogP contribution in [0.15, 0.2) is 60.7 Å². The molecule has 1 N–H and O–H groups in total. The minimum absolute atomic E-state index is 0.0283. The lowest BCUT2D eigenvalue weighted by atomic mass is 9.72. The van der Waals surface area contributed by atoms with E-state index in [1.165, 1.54) is 0 Å². The van der Waals surface area contributed by atoms with Gasteiger partial charge >= 0.3 is 0 Å². The number of rotatable bonds is 3. The Kier molecular flexibility index (Phi) is 4.65. The van der Waals surface area contributed by atoms with Crippen molar-refractivity contribution in [3.05, 3.63) is 71.8 Å². The molecule has 2 amide bonds. The summed E-state index contributed by atoms with van der Waals surface area (Å²) in [5.74, 6) is 0.0645. The van der Waals surface area contributed by atoms with E-state index in [-0.39, 0.29) is 11.8 Å². The minimum atomic E-state index is -0.552. The predicted molar refractivity (Wildman–Crippen MR) is 93.8 cm³/mol. The Balaban J connectivity index is 1.80. The molecule has 4 heteroatoms. The zero-order valence-electron chi connectivity index (χ0n) is 13.9. The average Bonchev–Trinajstić information content (AvgIpc) is 2.68. The van der Waals surface area contributed by atoms with E-state index in [1.807, 2.05) is 65.6 Å². The molecule has 1 aliphatic heterocycles. The van der Waals surface area contributed by atoms with Crippen LogP contribution in [0.3, 0.4) is 0 Å². The summed E-state index contributed by atoms with van der Waals surface area (Å²) in [6.07, 6.45) is 1.27. The zero-order valence-corrected chi connectivity index (χ0v) is 13.9. The number of benzene rings is 2. The van der Waals surface area contributed by atoms with Gasteiger partial charge in [0.25, 0.3) is 5.91 Å². The van der Waals surface area contributed by atoms with E-state index < -0.39 is 5.41 Å². The fourth-order valence-electron chi connectivity index (χ4n) is 3.50. The van der Waals surface area contributed by atoms with E-state index in [0.29, 0.717) is 31.5 Å². The number of likely N-dealkylation sites (N-methyl/N-ethyl adjacent to an activating group) is 1. The van der Waals surface area contributed by atoms with Crippen molar-refractivity contribution in [1.29, 1.82) is 0 Å². The van der Waals surface area contributed by atoms with Crippen molar-refractivity contribution in [3.63, 3.8) is 0 Å². The highest BCUT2D eigenvalue weighted by Gasteiger charge is 2.43.